The summed E-state index contributed by atoms with van der Waals surface area (Å²) in [6.45, 7) is 1.96. The van der Waals surface area contributed by atoms with E-state index in [1.807, 2.05) is 31.2 Å². The van der Waals surface area contributed by atoms with Crippen LogP contribution in [0.25, 0.3) is 5.69 Å². The second kappa shape index (κ2) is 4.53. The van der Waals surface area contributed by atoms with E-state index in [0.29, 0.717) is 12.3 Å². The van der Waals surface area contributed by atoms with Gasteiger partial charge in [-0.3, -0.25) is 0 Å². The van der Waals surface area contributed by atoms with Crippen LogP contribution in [0, 0.1) is 0 Å². The molecule has 0 aliphatic rings. The summed E-state index contributed by atoms with van der Waals surface area (Å²) in [7, 11) is 0. The first kappa shape index (κ1) is 11.0. The fraction of sp³-hybridized carbons (Fsp3) is 0.273. The number of alkyl halides is 1. The fourth-order valence-electron chi connectivity index (χ4n) is 1.57. The van der Waals surface area contributed by atoms with Gasteiger partial charge in [-0.25, -0.2) is 14.5 Å². The summed E-state index contributed by atoms with van der Waals surface area (Å²) < 4.78 is 1.57. The molecular formula is C11H12ClN3O. The third kappa shape index (κ3) is 1.88. The summed E-state index contributed by atoms with van der Waals surface area (Å²) in [5.41, 5.74) is 1.62. The molecule has 1 N–H and O–H groups in total. The summed E-state index contributed by atoms with van der Waals surface area (Å²) >= 11 is 5.71. The summed E-state index contributed by atoms with van der Waals surface area (Å²) in [5.74, 6) is 1.20. The van der Waals surface area contributed by atoms with E-state index >= 15 is 0 Å². The van der Waals surface area contributed by atoms with Crippen LogP contribution < -0.4 is 5.69 Å². The number of hydrogen-bond acceptors (Lipinski definition) is 2. The Morgan fingerprint density at radius 2 is 2.06 bits per heavy atom. The number of aromatic nitrogens is 3. The molecule has 0 bridgehead atoms. The van der Waals surface area contributed by atoms with Crippen molar-refractivity contribution in [2.75, 3.05) is 0 Å². The lowest BCUT2D eigenvalue weighted by Gasteiger charge is -2.04. The zero-order valence-corrected chi connectivity index (χ0v) is 9.66. The van der Waals surface area contributed by atoms with Crippen molar-refractivity contribution in [2.45, 2.75) is 19.2 Å². The van der Waals surface area contributed by atoms with Crippen LogP contribution in [0.3, 0.4) is 0 Å². The zero-order chi connectivity index (χ0) is 11.5. The van der Waals surface area contributed by atoms with Crippen LogP contribution in [0.2, 0.25) is 0 Å². The van der Waals surface area contributed by atoms with E-state index in [-0.39, 0.29) is 5.69 Å². The second-order valence-corrected chi connectivity index (χ2v) is 3.70. The van der Waals surface area contributed by atoms with Gasteiger partial charge in [-0.15, -0.1) is 11.6 Å². The third-order valence-electron chi connectivity index (χ3n) is 2.41. The van der Waals surface area contributed by atoms with Gasteiger partial charge in [0.1, 0.15) is 5.82 Å². The molecule has 0 aliphatic carbocycles. The molecule has 1 heterocycles. The molecule has 5 heteroatoms. The van der Waals surface area contributed by atoms with Crippen molar-refractivity contribution in [3.05, 3.63) is 46.1 Å². The number of hydrogen-bond donors (Lipinski definition) is 1. The van der Waals surface area contributed by atoms with Crippen LogP contribution in [0.1, 0.15) is 18.3 Å². The SMILES string of the molecule is CCc1n[nH]c(=O)n1-c1ccc(CCl)cc1. The predicted octanol–water partition coefficient (Wildman–Crippen LogP) is 1.86. The molecule has 0 amide bonds. The monoisotopic (exact) mass is 237 g/mol. The van der Waals surface area contributed by atoms with Crippen molar-refractivity contribution in [2.24, 2.45) is 0 Å². The average molecular weight is 238 g/mol. The summed E-state index contributed by atoms with van der Waals surface area (Å²) in [4.78, 5) is 11.6. The van der Waals surface area contributed by atoms with Gasteiger partial charge in [0.15, 0.2) is 0 Å². The molecule has 0 saturated carbocycles. The molecule has 2 aromatic rings. The van der Waals surface area contributed by atoms with E-state index in [1.54, 1.807) is 4.57 Å². The first-order valence-electron chi connectivity index (χ1n) is 5.08. The standard InChI is InChI=1S/C11H12ClN3O/c1-2-10-13-14-11(16)15(10)9-5-3-8(7-12)4-6-9/h3-6H,2,7H2,1H3,(H,14,16). The topological polar surface area (TPSA) is 50.7 Å². The maximum Gasteiger partial charge on any atom is 0.347 e. The van der Waals surface area contributed by atoms with Crippen LogP contribution in [-0.2, 0) is 12.3 Å². The molecule has 2 rings (SSSR count). The highest BCUT2D eigenvalue weighted by atomic mass is 35.5. The predicted molar refractivity (Wildman–Crippen MR) is 63.1 cm³/mol. The molecule has 0 saturated heterocycles. The van der Waals surface area contributed by atoms with Crippen LogP contribution in [0.4, 0.5) is 0 Å². The molecule has 0 spiro atoms. The lowest BCUT2D eigenvalue weighted by Crippen LogP contribution is -2.16. The zero-order valence-electron chi connectivity index (χ0n) is 8.90. The first-order chi connectivity index (χ1) is 7.76. The van der Waals surface area contributed by atoms with Crippen molar-refractivity contribution in [3.8, 4) is 5.69 Å². The van der Waals surface area contributed by atoms with Gasteiger partial charge in [-0.2, -0.15) is 5.10 Å². The maximum absolute atomic E-state index is 11.6. The Balaban J connectivity index is 2.49. The largest absolute Gasteiger partial charge is 0.347 e. The number of nitrogens with one attached hydrogen (secondary N) is 1. The maximum atomic E-state index is 11.6. The quantitative estimate of drug-likeness (QED) is 0.829. The normalized spacial score (nSPS) is 10.6. The van der Waals surface area contributed by atoms with Crippen LogP contribution in [0.15, 0.2) is 29.1 Å². The summed E-state index contributed by atoms with van der Waals surface area (Å²) in [5, 5.41) is 6.40. The van der Waals surface area contributed by atoms with Crippen molar-refractivity contribution in [1.29, 1.82) is 0 Å². The minimum absolute atomic E-state index is 0.213. The smallest absolute Gasteiger partial charge is 0.247 e. The van der Waals surface area contributed by atoms with Gasteiger partial charge in [-0.1, -0.05) is 19.1 Å². The molecular weight excluding hydrogens is 226 g/mol. The van der Waals surface area contributed by atoms with Gasteiger partial charge < -0.3 is 0 Å². The van der Waals surface area contributed by atoms with Gasteiger partial charge in [0.05, 0.1) is 5.69 Å². The summed E-state index contributed by atoms with van der Waals surface area (Å²) in [6.07, 6.45) is 0.704. The molecule has 1 aromatic carbocycles. The van der Waals surface area contributed by atoms with Crippen molar-refractivity contribution in [1.82, 2.24) is 14.8 Å². The third-order valence-corrected chi connectivity index (χ3v) is 2.72. The Bertz CT molecular complexity index is 527. The average Bonchev–Trinajstić information content (AvgIpc) is 2.70. The molecule has 0 aliphatic heterocycles. The lowest BCUT2D eigenvalue weighted by atomic mass is 10.2. The minimum Gasteiger partial charge on any atom is -0.247 e. The highest BCUT2D eigenvalue weighted by Gasteiger charge is 2.07. The van der Waals surface area contributed by atoms with E-state index in [2.05, 4.69) is 10.2 Å². The van der Waals surface area contributed by atoms with Crippen LogP contribution in [-0.4, -0.2) is 14.8 Å². The lowest BCUT2D eigenvalue weighted by molar-refractivity contribution is 0.872. The van der Waals surface area contributed by atoms with Gasteiger partial charge in [-0.05, 0) is 17.7 Å². The molecule has 84 valence electrons. The number of nitrogens with zero attached hydrogens (tertiary/aromatic N) is 2. The van der Waals surface area contributed by atoms with E-state index < -0.39 is 0 Å². The Hall–Kier alpha value is -1.55. The number of halogens is 1. The van der Waals surface area contributed by atoms with Crippen LogP contribution in [0.5, 0.6) is 0 Å². The highest BCUT2D eigenvalue weighted by Crippen LogP contribution is 2.11. The van der Waals surface area contributed by atoms with E-state index in [1.165, 1.54) is 0 Å². The van der Waals surface area contributed by atoms with Gasteiger partial charge in [0.25, 0.3) is 0 Å². The number of aryl methyl sites for hydroxylation is 1. The molecule has 0 radical (unpaired) electrons. The molecule has 4 nitrogen and oxygen atoms in total. The molecule has 16 heavy (non-hydrogen) atoms. The molecule has 1 aromatic heterocycles. The minimum atomic E-state index is -0.213. The Morgan fingerprint density at radius 3 is 2.62 bits per heavy atom. The van der Waals surface area contributed by atoms with Crippen molar-refractivity contribution < 1.29 is 0 Å². The van der Waals surface area contributed by atoms with Crippen LogP contribution >= 0.6 is 11.6 Å². The number of benzene rings is 1. The Kier molecular flexibility index (Phi) is 3.10. The Labute approximate surface area is 97.9 Å². The van der Waals surface area contributed by atoms with E-state index in [9.17, 15) is 4.79 Å². The Morgan fingerprint density at radius 1 is 1.38 bits per heavy atom. The number of rotatable bonds is 3. The molecule has 0 atom stereocenters. The van der Waals surface area contributed by atoms with E-state index in [4.69, 9.17) is 11.6 Å². The highest BCUT2D eigenvalue weighted by molar-refractivity contribution is 6.17. The fourth-order valence-corrected chi connectivity index (χ4v) is 1.75. The molecule has 0 unspecified atom stereocenters. The van der Waals surface area contributed by atoms with Gasteiger partial charge >= 0.3 is 5.69 Å². The second-order valence-electron chi connectivity index (χ2n) is 3.43. The van der Waals surface area contributed by atoms with Crippen molar-refractivity contribution in [3.63, 3.8) is 0 Å². The summed E-state index contributed by atoms with van der Waals surface area (Å²) in [6, 6.07) is 7.55. The number of H-pyrrole nitrogens is 1. The van der Waals surface area contributed by atoms with Gasteiger partial charge in [0, 0.05) is 12.3 Å². The first-order valence-corrected chi connectivity index (χ1v) is 5.61. The number of aromatic amines is 1. The van der Waals surface area contributed by atoms with Gasteiger partial charge in [0.2, 0.25) is 0 Å². The van der Waals surface area contributed by atoms with Crippen molar-refractivity contribution >= 4 is 11.6 Å². The molecule has 0 fully saturated rings. The van der Waals surface area contributed by atoms with E-state index in [0.717, 1.165) is 17.1 Å².